The molecule has 1 aromatic heterocycles. The lowest BCUT2D eigenvalue weighted by Crippen LogP contribution is -2.26. The molecule has 1 aliphatic heterocycles. The van der Waals surface area contributed by atoms with Crippen LogP contribution in [0.4, 0.5) is 0 Å². The first-order valence-electron chi connectivity index (χ1n) is 9.37. The highest BCUT2D eigenvalue weighted by Crippen LogP contribution is 2.27. The second-order valence-corrected chi connectivity index (χ2v) is 6.85. The molecule has 0 fully saturated rings. The van der Waals surface area contributed by atoms with Crippen molar-refractivity contribution in [2.24, 2.45) is 0 Å². The molecular weight excluding hydrogens is 322 g/mol. The van der Waals surface area contributed by atoms with Gasteiger partial charge in [-0.05, 0) is 26.3 Å². The fourth-order valence-electron chi connectivity index (χ4n) is 3.34. The van der Waals surface area contributed by atoms with Gasteiger partial charge >= 0.3 is 0 Å². The summed E-state index contributed by atoms with van der Waals surface area (Å²) in [5.41, 5.74) is 6.30. The minimum absolute atomic E-state index is 0.663. The first-order valence-corrected chi connectivity index (χ1v) is 9.37. The van der Waals surface area contributed by atoms with E-state index in [1.165, 1.54) is 22.4 Å². The SMILES string of the molecule is CN1CCc2[nH]nc(-c3ccccc3)c2C1.O=CCCC1=CCCC=C1. The van der Waals surface area contributed by atoms with Crippen LogP contribution in [0.5, 0.6) is 0 Å². The average Bonchev–Trinajstić information content (AvgIpc) is 3.11. The van der Waals surface area contributed by atoms with Gasteiger partial charge < -0.3 is 9.69 Å². The van der Waals surface area contributed by atoms with E-state index < -0.39 is 0 Å². The van der Waals surface area contributed by atoms with Crippen molar-refractivity contribution in [3.05, 3.63) is 65.4 Å². The van der Waals surface area contributed by atoms with E-state index in [0.717, 1.165) is 50.8 Å². The second-order valence-electron chi connectivity index (χ2n) is 6.85. The van der Waals surface area contributed by atoms with Gasteiger partial charge in [0.05, 0.1) is 5.69 Å². The van der Waals surface area contributed by atoms with E-state index in [1.54, 1.807) is 0 Å². The molecule has 4 heteroatoms. The quantitative estimate of drug-likeness (QED) is 0.837. The van der Waals surface area contributed by atoms with Crippen LogP contribution in [0.15, 0.2) is 54.1 Å². The number of aromatic amines is 1. The molecule has 0 spiro atoms. The Morgan fingerprint density at radius 2 is 2.08 bits per heavy atom. The largest absolute Gasteiger partial charge is 0.303 e. The van der Waals surface area contributed by atoms with Crippen LogP contribution in [-0.2, 0) is 17.8 Å². The average molecular weight is 349 g/mol. The maximum Gasteiger partial charge on any atom is 0.120 e. The van der Waals surface area contributed by atoms with Crippen LogP contribution in [0.3, 0.4) is 0 Å². The Morgan fingerprint density at radius 1 is 1.23 bits per heavy atom. The normalized spacial score (nSPS) is 16.3. The lowest BCUT2D eigenvalue weighted by molar-refractivity contribution is -0.107. The van der Waals surface area contributed by atoms with Crippen LogP contribution in [0.2, 0.25) is 0 Å². The minimum atomic E-state index is 0.663. The number of aldehydes is 1. The number of likely N-dealkylation sites (N-methyl/N-ethyl adjacent to an activating group) is 1. The van der Waals surface area contributed by atoms with E-state index >= 15 is 0 Å². The van der Waals surface area contributed by atoms with Gasteiger partial charge in [0.25, 0.3) is 0 Å². The van der Waals surface area contributed by atoms with Crippen LogP contribution in [-0.4, -0.2) is 35.0 Å². The fraction of sp³-hybridized carbons (Fsp3) is 0.364. The van der Waals surface area contributed by atoms with E-state index in [4.69, 9.17) is 0 Å². The fourth-order valence-corrected chi connectivity index (χ4v) is 3.34. The molecule has 0 saturated carbocycles. The molecule has 26 heavy (non-hydrogen) atoms. The number of carbonyl (C=O) groups is 1. The summed E-state index contributed by atoms with van der Waals surface area (Å²) < 4.78 is 0. The summed E-state index contributed by atoms with van der Waals surface area (Å²) in [6.07, 6.45) is 12.4. The maximum absolute atomic E-state index is 10.00. The van der Waals surface area contributed by atoms with Crippen molar-refractivity contribution in [1.29, 1.82) is 0 Å². The highest BCUT2D eigenvalue weighted by molar-refractivity contribution is 5.64. The molecule has 0 unspecified atom stereocenters. The zero-order chi connectivity index (χ0) is 18.2. The number of allylic oxidation sites excluding steroid dienone is 4. The van der Waals surface area contributed by atoms with Gasteiger partial charge in [-0.15, -0.1) is 0 Å². The van der Waals surface area contributed by atoms with Crippen molar-refractivity contribution in [3.8, 4) is 11.3 Å². The van der Waals surface area contributed by atoms with E-state index in [-0.39, 0.29) is 0 Å². The monoisotopic (exact) mass is 349 g/mol. The summed E-state index contributed by atoms with van der Waals surface area (Å²) in [7, 11) is 2.16. The molecule has 2 aliphatic rings. The van der Waals surface area contributed by atoms with Crippen molar-refractivity contribution in [3.63, 3.8) is 0 Å². The molecule has 0 bridgehead atoms. The van der Waals surface area contributed by atoms with Crippen molar-refractivity contribution in [2.75, 3.05) is 13.6 Å². The standard InChI is InChI=1S/C13H15N3.C9H12O/c1-16-8-7-12-11(9-16)13(15-14-12)10-5-3-2-4-6-10;10-8-4-7-9-5-2-1-3-6-9/h2-6H,7-9H2,1H3,(H,14,15);2,5-6,8H,1,3-4,7H2. The maximum atomic E-state index is 10.00. The minimum Gasteiger partial charge on any atom is -0.303 e. The van der Waals surface area contributed by atoms with Crippen LogP contribution in [0.1, 0.15) is 36.9 Å². The summed E-state index contributed by atoms with van der Waals surface area (Å²) in [6, 6.07) is 10.4. The number of fused-ring (bicyclic) bond motifs is 1. The lowest BCUT2D eigenvalue weighted by Gasteiger charge is -2.22. The summed E-state index contributed by atoms with van der Waals surface area (Å²) in [4.78, 5) is 12.3. The molecule has 4 nitrogen and oxygen atoms in total. The van der Waals surface area contributed by atoms with Gasteiger partial charge in [0.2, 0.25) is 0 Å². The van der Waals surface area contributed by atoms with Crippen LogP contribution in [0.25, 0.3) is 11.3 Å². The molecule has 2 aromatic rings. The van der Waals surface area contributed by atoms with E-state index in [0.29, 0.717) is 6.42 Å². The van der Waals surface area contributed by atoms with Crippen molar-refractivity contribution < 1.29 is 4.79 Å². The predicted molar refractivity (Wildman–Crippen MR) is 106 cm³/mol. The van der Waals surface area contributed by atoms with Gasteiger partial charge in [-0.25, -0.2) is 0 Å². The van der Waals surface area contributed by atoms with Crippen molar-refractivity contribution in [1.82, 2.24) is 15.1 Å². The molecule has 1 aromatic carbocycles. The van der Waals surface area contributed by atoms with E-state index in [2.05, 4.69) is 64.6 Å². The highest BCUT2D eigenvalue weighted by atomic mass is 16.1. The summed E-state index contributed by atoms with van der Waals surface area (Å²) in [5, 5.41) is 7.62. The first-order chi connectivity index (χ1) is 12.8. The Labute approximate surface area is 155 Å². The zero-order valence-electron chi connectivity index (χ0n) is 15.4. The Morgan fingerprint density at radius 3 is 2.81 bits per heavy atom. The number of rotatable bonds is 4. The van der Waals surface area contributed by atoms with Gasteiger partial charge in [0.1, 0.15) is 6.29 Å². The third kappa shape index (κ3) is 4.79. The van der Waals surface area contributed by atoms with E-state index in [9.17, 15) is 4.79 Å². The molecule has 0 radical (unpaired) electrons. The summed E-state index contributed by atoms with van der Waals surface area (Å²) in [5.74, 6) is 0. The van der Waals surface area contributed by atoms with Gasteiger partial charge in [-0.1, -0.05) is 54.1 Å². The Balaban J connectivity index is 0.000000170. The van der Waals surface area contributed by atoms with Crippen molar-refractivity contribution >= 4 is 6.29 Å². The Kier molecular flexibility index (Phi) is 6.56. The number of hydrogen-bond donors (Lipinski definition) is 1. The Hall–Kier alpha value is -2.46. The number of benzene rings is 1. The highest BCUT2D eigenvalue weighted by Gasteiger charge is 2.20. The number of nitrogens with zero attached hydrogens (tertiary/aromatic N) is 2. The number of hydrogen-bond acceptors (Lipinski definition) is 3. The second kappa shape index (κ2) is 9.30. The molecule has 0 amide bonds. The molecule has 136 valence electrons. The lowest BCUT2D eigenvalue weighted by atomic mass is 10.0. The smallest absolute Gasteiger partial charge is 0.120 e. The van der Waals surface area contributed by atoms with Gasteiger partial charge in [0, 0.05) is 42.8 Å². The molecule has 0 atom stereocenters. The van der Waals surface area contributed by atoms with E-state index in [1.807, 2.05) is 6.07 Å². The number of H-pyrrole nitrogens is 1. The first kappa shape index (κ1) is 18.3. The summed E-state index contributed by atoms with van der Waals surface area (Å²) in [6.45, 7) is 2.11. The van der Waals surface area contributed by atoms with Gasteiger partial charge in [-0.3, -0.25) is 5.10 Å². The molecule has 0 saturated heterocycles. The predicted octanol–water partition coefficient (Wildman–Crippen LogP) is 4.31. The third-order valence-electron chi connectivity index (χ3n) is 4.79. The molecule has 4 rings (SSSR count). The molecule has 1 N–H and O–H groups in total. The molecular formula is C22H27N3O. The molecule has 1 aliphatic carbocycles. The van der Waals surface area contributed by atoms with Crippen LogP contribution in [0, 0.1) is 0 Å². The van der Waals surface area contributed by atoms with Crippen LogP contribution < -0.4 is 0 Å². The van der Waals surface area contributed by atoms with Gasteiger partial charge in [0.15, 0.2) is 0 Å². The van der Waals surface area contributed by atoms with Crippen molar-refractivity contribution in [2.45, 2.75) is 38.6 Å². The summed E-state index contributed by atoms with van der Waals surface area (Å²) >= 11 is 0. The zero-order valence-corrected chi connectivity index (χ0v) is 15.4. The Bertz CT molecular complexity index is 774. The van der Waals surface area contributed by atoms with Crippen LogP contribution >= 0.6 is 0 Å². The topological polar surface area (TPSA) is 49.0 Å². The number of nitrogens with one attached hydrogen (secondary N) is 1. The third-order valence-corrected chi connectivity index (χ3v) is 4.79. The number of aromatic nitrogens is 2. The molecule has 2 heterocycles. The number of carbonyl (C=O) groups excluding carboxylic acids is 1. The van der Waals surface area contributed by atoms with Gasteiger partial charge in [-0.2, -0.15) is 5.10 Å².